The van der Waals surface area contributed by atoms with Gasteiger partial charge in [0.15, 0.2) is 0 Å². The second-order valence-electron chi connectivity index (χ2n) is 4.98. The minimum Gasteiger partial charge on any atom is -0.339 e. The van der Waals surface area contributed by atoms with Crippen LogP contribution in [0.5, 0.6) is 0 Å². The van der Waals surface area contributed by atoms with Crippen molar-refractivity contribution in [3.05, 3.63) is 11.1 Å². The first-order valence-electron chi connectivity index (χ1n) is 6.41. The number of hydrogen-bond acceptors (Lipinski definition) is 2. The fourth-order valence-electron chi connectivity index (χ4n) is 2.45. The van der Waals surface area contributed by atoms with E-state index in [4.69, 9.17) is 0 Å². The Morgan fingerprint density at radius 1 is 1.38 bits per heavy atom. The van der Waals surface area contributed by atoms with E-state index in [0.29, 0.717) is 0 Å². The SMILES string of the molecule is CCC1CCN(C(=O)C(C)=C2CNC2)CC1. The Labute approximate surface area is 97.9 Å². The monoisotopic (exact) mass is 222 g/mol. The topological polar surface area (TPSA) is 32.3 Å². The third-order valence-electron chi connectivity index (χ3n) is 4.01. The van der Waals surface area contributed by atoms with Gasteiger partial charge in [0.25, 0.3) is 0 Å². The van der Waals surface area contributed by atoms with Crippen molar-refractivity contribution in [3.63, 3.8) is 0 Å². The number of nitrogens with one attached hydrogen (secondary N) is 1. The Kier molecular flexibility index (Phi) is 3.64. The molecule has 3 heteroatoms. The average Bonchev–Trinajstić information content (AvgIpc) is 2.26. The molecule has 0 unspecified atom stereocenters. The largest absolute Gasteiger partial charge is 0.339 e. The summed E-state index contributed by atoms with van der Waals surface area (Å²) in [5, 5.41) is 3.19. The number of carbonyl (C=O) groups is 1. The molecule has 0 aromatic heterocycles. The molecule has 3 nitrogen and oxygen atoms in total. The summed E-state index contributed by atoms with van der Waals surface area (Å²) in [4.78, 5) is 14.2. The van der Waals surface area contributed by atoms with E-state index in [0.717, 1.165) is 37.7 Å². The van der Waals surface area contributed by atoms with E-state index in [2.05, 4.69) is 12.2 Å². The van der Waals surface area contributed by atoms with Crippen molar-refractivity contribution in [1.29, 1.82) is 0 Å². The quantitative estimate of drug-likeness (QED) is 0.719. The van der Waals surface area contributed by atoms with Gasteiger partial charge in [-0.15, -0.1) is 0 Å². The molecule has 2 rings (SSSR count). The van der Waals surface area contributed by atoms with Gasteiger partial charge in [-0.05, 0) is 31.3 Å². The van der Waals surface area contributed by atoms with Crippen LogP contribution in [0.4, 0.5) is 0 Å². The van der Waals surface area contributed by atoms with Crippen LogP contribution in [0.1, 0.15) is 33.1 Å². The molecule has 1 N–H and O–H groups in total. The molecule has 2 fully saturated rings. The first-order valence-corrected chi connectivity index (χ1v) is 6.41. The molecule has 2 aliphatic rings. The first-order chi connectivity index (χ1) is 7.72. The fraction of sp³-hybridized carbons (Fsp3) is 0.769. The van der Waals surface area contributed by atoms with E-state index in [1.807, 2.05) is 11.8 Å². The second kappa shape index (κ2) is 5.00. The zero-order valence-electron chi connectivity index (χ0n) is 10.4. The lowest BCUT2D eigenvalue weighted by molar-refractivity contribution is -0.128. The molecule has 0 spiro atoms. The van der Waals surface area contributed by atoms with Gasteiger partial charge in [-0.2, -0.15) is 0 Å². The lowest BCUT2D eigenvalue weighted by Crippen LogP contribution is -2.42. The van der Waals surface area contributed by atoms with E-state index >= 15 is 0 Å². The van der Waals surface area contributed by atoms with Gasteiger partial charge < -0.3 is 10.2 Å². The lowest BCUT2D eigenvalue weighted by atomic mass is 9.93. The maximum Gasteiger partial charge on any atom is 0.249 e. The van der Waals surface area contributed by atoms with Gasteiger partial charge in [0.05, 0.1) is 0 Å². The zero-order chi connectivity index (χ0) is 11.5. The van der Waals surface area contributed by atoms with Crippen LogP contribution < -0.4 is 5.32 Å². The van der Waals surface area contributed by atoms with Gasteiger partial charge in [-0.25, -0.2) is 0 Å². The van der Waals surface area contributed by atoms with Gasteiger partial charge in [0.2, 0.25) is 5.91 Å². The molecule has 2 saturated heterocycles. The minimum absolute atomic E-state index is 0.269. The predicted molar refractivity (Wildman–Crippen MR) is 65.2 cm³/mol. The lowest BCUT2D eigenvalue weighted by Gasteiger charge is -2.33. The molecule has 0 aliphatic carbocycles. The second-order valence-corrected chi connectivity index (χ2v) is 4.98. The molecule has 0 aromatic rings. The smallest absolute Gasteiger partial charge is 0.249 e. The van der Waals surface area contributed by atoms with Crippen LogP contribution >= 0.6 is 0 Å². The van der Waals surface area contributed by atoms with Crippen molar-refractivity contribution in [1.82, 2.24) is 10.2 Å². The van der Waals surface area contributed by atoms with Gasteiger partial charge >= 0.3 is 0 Å². The molecular weight excluding hydrogens is 200 g/mol. The van der Waals surface area contributed by atoms with Crippen molar-refractivity contribution in [2.45, 2.75) is 33.1 Å². The maximum absolute atomic E-state index is 12.2. The van der Waals surface area contributed by atoms with Crippen LogP contribution in [0.2, 0.25) is 0 Å². The molecule has 0 bridgehead atoms. The Morgan fingerprint density at radius 2 is 2.00 bits per heavy atom. The van der Waals surface area contributed by atoms with Gasteiger partial charge in [-0.1, -0.05) is 13.3 Å². The number of piperidine rings is 1. The number of rotatable bonds is 2. The van der Waals surface area contributed by atoms with Crippen molar-refractivity contribution in [2.24, 2.45) is 5.92 Å². The summed E-state index contributed by atoms with van der Waals surface area (Å²) in [6.07, 6.45) is 3.62. The number of likely N-dealkylation sites (tertiary alicyclic amines) is 1. The molecule has 1 amide bonds. The minimum atomic E-state index is 0.269. The molecule has 0 atom stereocenters. The van der Waals surface area contributed by atoms with Crippen LogP contribution in [-0.2, 0) is 4.79 Å². The highest BCUT2D eigenvalue weighted by Crippen LogP contribution is 2.22. The van der Waals surface area contributed by atoms with Crippen molar-refractivity contribution < 1.29 is 4.79 Å². The summed E-state index contributed by atoms with van der Waals surface area (Å²) >= 11 is 0. The number of hydrogen-bond donors (Lipinski definition) is 1. The molecule has 90 valence electrons. The highest BCUT2D eigenvalue weighted by Gasteiger charge is 2.24. The summed E-state index contributed by atoms with van der Waals surface area (Å²) in [6, 6.07) is 0. The summed E-state index contributed by atoms with van der Waals surface area (Å²) in [5.74, 6) is 1.11. The highest BCUT2D eigenvalue weighted by molar-refractivity contribution is 5.94. The Morgan fingerprint density at radius 3 is 2.44 bits per heavy atom. The third-order valence-corrected chi connectivity index (χ3v) is 4.01. The van der Waals surface area contributed by atoms with Crippen LogP contribution in [0.15, 0.2) is 11.1 Å². The molecule has 0 saturated carbocycles. The third kappa shape index (κ3) is 2.29. The Hall–Kier alpha value is -0.830. The van der Waals surface area contributed by atoms with Crippen molar-refractivity contribution >= 4 is 5.91 Å². The van der Waals surface area contributed by atoms with Gasteiger partial charge in [0, 0.05) is 31.8 Å². The van der Waals surface area contributed by atoms with E-state index in [1.54, 1.807) is 0 Å². The summed E-state index contributed by atoms with van der Waals surface area (Å²) < 4.78 is 0. The molecule has 0 radical (unpaired) electrons. The summed E-state index contributed by atoms with van der Waals surface area (Å²) in [7, 11) is 0. The fourth-order valence-corrected chi connectivity index (χ4v) is 2.45. The molecule has 16 heavy (non-hydrogen) atoms. The Bertz CT molecular complexity index is 295. The number of amides is 1. The number of nitrogens with zero attached hydrogens (tertiary/aromatic N) is 1. The van der Waals surface area contributed by atoms with Crippen LogP contribution in [0, 0.1) is 5.92 Å². The van der Waals surface area contributed by atoms with E-state index in [1.165, 1.54) is 24.8 Å². The average molecular weight is 222 g/mol. The normalized spacial score (nSPS) is 21.9. The molecular formula is C13H22N2O. The maximum atomic E-state index is 12.2. The van der Waals surface area contributed by atoms with Crippen LogP contribution in [0.3, 0.4) is 0 Å². The summed E-state index contributed by atoms with van der Waals surface area (Å²) in [5.41, 5.74) is 2.27. The molecule has 2 heterocycles. The van der Waals surface area contributed by atoms with Gasteiger partial charge in [-0.3, -0.25) is 4.79 Å². The highest BCUT2D eigenvalue weighted by atomic mass is 16.2. The summed E-state index contributed by atoms with van der Waals surface area (Å²) in [6.45, 7) is 7.94. The molecule has 2 aliphatic heterocycles. The van der Waals surface area contributed by atoms with E-state index < -0.39 is 0 Å². The number of carbonyl (C=O) groups excluding carboxylic acids is 1. The first kappa shape index (κ1) is 11.6. The van der Waals surface area contributed by atoms with Gasteiger partial charge in [0.1, 0.15) is 0 Å². The van der Waals surface area contributed by atoms with E-state index in [9.17, 15) is 4.79 Å². The van der Waals surface area contributed by atoms with Crippen LogP contribution in [-0.4, -0.2) is 37.0 Å². The van der Waals surface area contributed by atoms with E-state index in [-0.39, 0.29) is 5.91 Å². The van der Waals surface area contributed by atoms with Crippen molar-refractivity contribution in [3.8, 4) is 0 Å². The zero-order valence-corrected chi connectivity index (χ0v) is 10.4. The Balaban J connectivity index is 1.91. The standard InChI is InChI=1S/C13H22N2O/c1-3-11-4-6-15(7-5-11)13(16)10(2)12-8-14-9-12/h11,14H,3-9H2,1-2H3. The van der Waals surface area contributed by atoms with Crippen LogP contribution in [0.25, 0.3) is 0 Å². The molecule has 0 aromatic carbocycles. The predicted octanol–water partition coefficient (Wildman–Crippen LogP) is 1.55. The van der Waals surface area contributed by atoms with Crippen molar-refractivity contribution in [2.75, 3.05) is 26.2 Å².